The van der Waals surface area contributed by atoms with Crippen LogP contribution in [-0.4, -0.2) is 30.5 Å². The van der Waals surface area contributed by atoms with Crippen LogP contribution in [0.5, 0.6) is 5.75 Å². The molecular formula is C32H26N4O4. The van der Waals surface area contributed by atoms with Gasteiger partial charge in [-0.25, -0.2) is 5.43 Å². The molecule has 3 N–H and O–H groups in total. The standard InChI is InChI=1S/C32H26N4O4/c1-2-40-24-17-15-23(16-18-24)34-30(37)27-13-7-8-14-29(27)35-31(38)32(39)36-33-20-28-25-11-5-3-9-21(25)19-22-10-4-6-12-26(22)28/h3-20H,2H2,1H3,(H,34,37)(H,35,38)(H,36,39)/b33-20+. The van der Waals surface area contributed by atoms with Crippen molar-refractivity contribution in [2.24, 2.45) is 5.10 Å². The lowest BCUT2D eigenvalue weighted by atomic mass is 9.97. The maximum Gasteiger partial charge on any atom is 0.329 e. The number of fused-ring (bicyclic) bond motifs is 2. The summed E-state index contributed by atoms with van der Waals surface area (Å²) < 4.78 is 5.42. The summed E-state index contributed by atoms with van der Waals surface area (Å²) in [5.41, 5.74) is 4.06. The largest absolute Gasteiger partial charge is 0.494 e. The molecule has 3 amide bonds. The molecule has 0 spiro atoms. The van der Waals surface area contributed by atoms with E-state index in [2.05, 4.69) is 27.2 Å². The van der Waals surface area contributed by atoms with Crippen molar-refractivity contribution >= 4 is 56.9 Å². The number of carbonyl (C=O) groups excluding carboxylic acids is 3. The number of nitrogens with zero attached hydrogens (tertiary/aromatic N) is 1. The summed E-state index contributed by atoms with van der Waals surface area (Å²) >= 11 is 0. The highest BCUT2D eigenvalue weighted by Crippen LogP contribution is 2.27. The van der Waals surface area contributed by atoms with Gasteiger partial charge in [0.2, 0.25) is 0 Å². The third kappa shape index (κ3) is 5.81. The average Bonchev–Trinajstić information content (AvgIpc) is 2.98. The number of anilines is 2. The number of hydrogen-bond donors (Lipinski definition) is 3. The van der Waals surface area contributed by atoms with Gasteiger partial charge >= 0.3 is 11.8 Å². The summed E-state index contributed by atoms with van der Waals surface area (Å²) in [6.45, 7) is 2.43. The highest BCUT2D eigenvalue weighted by molar-refractivity contribution is 6.40. The normalized spacial score (nSPS) is 10.9. The van der Waals surface area contributed by atoms with Crippen LogP contribution < -0.4 is 20.8 Å². The molecule has 0 aliphatic heterocycles. The molecule has 5 aromatic carbocycles. The van der Waals surface area contributed by atoms with Crippen molar-refractivity contribution in [3.05, 3.63) is 114 Å². The van der Waals surface area contributed by atoms with Crippen molar-refractivity contribution in [1.82, 2.24) is 5.43 Å². The third-order valence-corrected chi connectivity index (χ3v) is 6.22. The molecule has 0 atom stereocenters. The molecule has 8 nitrogen and oxygen atoms in total. The monoisotopic (exact) mass is 530 g/mol. The molecule has 0 saturated carbocycles. The number of hydrazone groups is 1. The van der Waals surface area contributed by atoms with Gasteiger partial charge in [-0.05, 0) is 70.9 Å². The first-order valence-electron chi connectivity index (χ1n) is 12.7. The summed E-state index contributed by atoms with van der Waals surface area (Å²) in [7, 11) is 0. The van der Waals surface area contributed by atoms with E-state index in [0.717, 1.165) is 27.1 Å². The summed E-state index contributed by atoms with van der Waals surface area (Å²) in [6.07, 6.45) is 1.54. The van der Waals surface area contributed by atoms with Crippen molar-refractivity contribution < 1.29 is 19.1 Å². The molecule has 0 aliphatic rings. The van der Waals surface area contributed by atoms with Crippen LogP contribution in [0.3, 0.4) is 0 Å². The first kappa shape index (κ1) is 26.1. The van der Waals surface area contributed by atoms with Crippen LogP contribution in [0.4, 0.5) is 11.4 Å². The number of nitrogens with one attached hydrogen (secondary N) is 3. The van der Waals surface area contributed by atoms with Gasteiger partial charge in [0.1, 0.15) is 5.75 Å². The van der Waals surface area contributed by atoms with Gasteiger partial charge in [0, 0.05) is 11.3 Å². The molecule has 5 aromatic rings. The van der Waals surface area contributed by atoms with Crippen molar-refractivity contribution in [3.8, 4) is 5.75 Å². The zero-order valence-corrected chi connectivity index (χ0v) is 21.7. The minimum absolute atomic E-state index is 0.190. The Hall–Kier alpha value is -5.50. The molecule has 0 bridgehead atoms. The summed E-state index contributed by atoms with van der Waals surface area (Å²) in [5.74, 6) is -1.68. The summed E-state index contributed by atoms with van der Waals surface area (Å²) in [4.78, 5) is 38.2. The lowest BCUT2D eigenvalue weighted by Gasteiger charge is -2.11. The van der Waals surface area contributed by atoms with Gasteiger partial charge in [0.05, 0.1) is 24.1 Å². The topological polar surface area (TPSA) is 109 Å². The van der Waals surface area contributed by atoms with Crippen molar-refractivity contribution in [1.29, 1.82) is 0 Å². The van der Waals surface area contributed by atoms with E-state index in [1.807, 2.05) is 55.5 Å². The number of hydrogen-bond acceptors (Lipinski definition) is 5. The molecule has 5 rings (SSSR count). The highest BCUT2D eigenvalue weighted by atomic mass is 16.5. The Kier molecular flexibility index (Phi) is 7.78. The predicted molar refractivity (Wildman–Crippen MR) is 158 cm³/mol. The zero-order chi connectivity index (χ0) is 27.9. The van der Waals surface area contributed by atoms with E-state index in [1.54, 1.807) is 48.5 Å². The number of rotatable bonds is 7. The number of ether oxygens (including phenoxy) is 1. The van der Waals surface area contributed by atoms with Gasteiger partial charge in [0.15, 0.2) is 0 Å². The lowest BCUT2D eigenvalue weighted by molar-refractivity contribution is -0.136. The second-order valence-corrected chi connectivity index (χ2v) is 8.84. The number of amides is 3. The lowest BCUT2D eigenvalue weighted by Crippen LogP contribution is -2.33. The Labute approximate surface area is 230 Å². The first-order chi connectivity index (χ1) is 19.5. The van der Waals surface area contributed by atoms with Crippen LogP contribution in [0.25, 0.3) is 21.5 Å². The molecule has 0 aromatic heterocycles. The molecule has 0 radical (unpaired) electrons. The molecule has 0 fully saturated rings. The fourth-order valence-electron chi connectivity index (χ4n) is 4.36. The summed E-state index contributed by atoms with van der Waals surface area (Å²) in [5, 5.41) is 13.4. The fraction of sp³-hybridized carbons (Fsp3) is 0.0625. The Morgan fingerprint density at radius 1 is 0.750 bits per heavy atom. The average molecular weight is 531 g/mol. The van der Waals surface area contributed by atoms with Gasteiger partial charge in [-0.1, -0.05) is 60.7 Å². The van der Waals surface area contributed by atoms with Gasteiger partial charge in [-0.3, -0.25) is 14.4 Å². The van der Waals surface area contributed by atoms with Crippen LogP contribution in [0, 0.1) is 0 Å². The second-order valence-electron chi connectivity index (χ2n) is 8.84. The smallest absolute Gasteiger partial charge is 0.329 e. The van der Waals surface area contributed by atoms with Crippen molar-refractivity contribution in [2.45, 2.75) is 6.92 Å². The fourth-order valence-corrected chi connectivity index (χ4v) is 4.36. The minimum atomic E-state index is -0.970. The predicted octanol–water partition coefficient (Wildman–Crippen LogP) is 5.73. The maximum atomic E-state index is 12.9. The van der Waals surface area contributed by atoms with Gasteiger partial charge < -0.3 is 15.4 Å². The number of para-hydroxylation sites is 1. The SMILES string of the molecule is CCOc1ccc(NC(=O)c2ccccc2NC(=O)C(=O)N/N=C/c2c3ccccc3cc3ccccc23)cc1. The zero-order valence-electron chi connectivity index (χ0n) is 21.7. The molecule has 40 heavy (non-hydrogen) atoms. The maximum absolute atomic E-state index is 12.9. The number of benzene rings is 5. The van der Waals surface area contributed by atoms with Crippen molar-refractivity contribution in [2.75, 3.05) is 17.2 Å². The first-order valence-corrected chi connectivity index (χ1v) is 12.7. The van der Waals surface area contributed by atoms with Crippen LogP contribution in [-0.2, 0) is 9.59 Å². The minimum Gasteiger partial charge on any atom is -0.494 e. The van der Waals surface area contributed by atoms with Crippen LogP contribution >= 0.6 is 0 Å². The Morgan fingerprint density at radius 2 is 1.38 bits per heavy atom. The van der Waals surface area contributed by atoms with E-state index in [4.69, 9.17) is 4.74 Å². The van der Waals surface area contributed by atoms with Crippen LogP contribution in [0.15, 0.2) is 108 Å². The molecular weight excluding hydrogens is 504 g/mol. The molecule has 8 heteroatoms. The Morgan fingerprint density at radius 3 is 2.05 bits per heavy atom. The van der Waals surface area contributed by atoms with Gasteiger partial charge in [-0.2, -0.15) is 5.10 Å². The molecule has 0 unspecified atom stereocenters. The van der Waals surface area contributed by atoms with E-state index in [9.17, 15) is 14.4 Å². The Bertz CT molecular complexity index is 1690. The van der Waals surface area contributed by atoms with Gasteiger partial charge in [-0.15, -0.1) is 0 Å². The van der Waals surface area contributed by atoms with E-state index in [-0.39, 0.29) is 11.3 Å². The highest BCUT2D eigenvalue weighted by Gasteiger charge is 2.18. The van der Waals surface area contributed by atoms with Gasteiger partial charge in [0.25, 0.3) is 5.91 Å². The van der Waals surface area contributed by atoms with Crippen LogP contribution in [0.2, 0.25) is 0 Å². The molecule has 0 aliphatic carbocycles. The van der Waals surface area contributed by atoms with E-state index < -0.39 is 17.7 Å². The van der Waals surface area contributed by atoms with E-state index in [0.29, 0.717) is 18.0 Å². The number of carbonyl (C=O) groups is 3. The second kappa shape index (κ2) is 11.9. The molecule has 0 heterocycles. The van der Waals surface area contributed by atoms with Crippen molar-refractivity contribution in [3.63, 3.8) is 0 Å². The van der Waals surface area contributed by atoms with E-state index >= 15 is 0 Å². The van der Waals surface area contributed by atoms with E-state index in [1.165, 1.54) is 6.21 Å². The van der Waals surface area contributed by atoms with Crippen LogP contribution in [0.1, 0.15) is 22.8 Å². The Balaban J connectivity index is 1.28. The quantitative estimate of drug-likeness (QED) is 0.108. The third-order valence-electron chi connectivity index (χ3n) is 6.22. The molecule has 0 saturated heterocycles. The molecule has 198 valence electrons. The summed E-state index contributed by atoms with van der Waals surface area (Å²) in [6, 6.07) is 31.2.